The number of rotatable bonds is 8. The maximum atomic E-state index is 13.7. The van der Waals surface area contributed by atoms with Crippen LogP contribution in [-0.4, -0.2) is 56.2 Å². The average molecular weight is 457 g/mol. The van der Waals surface area contributed by atoms with E-state index in [0.29, 0.717) is 6.54 Å². The molecule has 0 radical (unpaired) electrons. The molecule has 1 fully saturated rings. The maximum Gasteiger partial charge on any atom is 0.173 e. The number of aryl methyl sites for hydroxylation is 2. The molecule has 0 N–H and O–H groups in total. The summed E-state index contributed by atoms with van der Waals surface area (Å²) >= 11 is 0. The minimum Gasteiger partial charge on any atom is -0.297 e. The van der Waals surface area contributed by atoms with Crippen LogP contribution in [0, 0.1) is 5.82 Å². The van der Waals surface area contributed by atoms with Gasteiger partial charge in [-0.25, -0.2) is 9.07 Å². The molecule has 1 aromatic heterocycles. The Morgan fingerprint density at radius 2 is 1.41 bits per heavy atom. The van der Waals surface area contributed by atoms with Crippen LogP contribution < -0.4 is 0 Å². The summed E-state index contributed by atoms with van der Waals surface area (Å²) in [5.74, 6) is 0.567. The van der Waals surface area contributed by atoms with Gasteiger partial charge in [0.05, 0.1) is 6.04 Å². The molecule has 4 aromatic rings. The topological polar surface area (TPSA) is 50.1 Å². The third kappa shape index (κ3) is 5.38. The van der Waals surface area contributed by atoms with Crippen molar-refractivity contribution < 1.29 is 4.39 Å². The molecule has 5 rings (SSSR count). The lowest BCUT2D eigenvalue weighted by Crippen LogP contribution is -2.48. The number of hydrogen-bond acceptors (Lipinski definition) is 5. The number of halogens is 1. The van der Waals surface area contributed by atoms with Crippen LogP contribution in [0.3, 0.4) is 0 Å². The first kappa shape index (κ1) is 22.4. The Kier molecular flexibility index (Phi) is 7.02. The molecular formula is C27H29FN6. The van der Waals surface area contributed by atoms with E-state index in [4.69, 9.17) is 0 Å². The van der Waals surface area contributed by atoms with E-state index < -0.39 is 0 Å². The molecule has 7 heteroatoms. The van der Waals surface area contributed by atoms with E-state index in [1.807, 2.05) is 35.0 Å². The van der Waals surface area contributed by atoms with Crippen LogP contribution in [-0.2, 0) is 19.5 Å². The molecule has 0 spiro atoms. The number of hydrogen-bond donors (Lipinski definition) is 0. The zero-order valence-corrected chi connectivity index (χ0v) is 19.2. The highest BCUT2D eigenvalue weighted by molar-refractivity contribution is 5.26. The van der Waals surface area contributed by atoms with Gasteiger partial charge < -0.3 is 0 Å². The van der Waals surface area contributed by atoms with Gasteiger partial charge in [0, 0.05) is 39.3 Å². The zero-order chi connectivity index (χ0) is 23.2. The minimum atomic E-state index is -0.237. The number of tetrazole rings is 1. The summed E-state index contributed by atoms with van der Waals surface area (Å²) in [5.41, 5.74) is 3.58. The standard InChI is InChI=1S/C27H29FN6/c28-25-13-11-24(12-14-25)26(27-29-30-31-34(27)16-15-22-7-3-1-4-8-22)33-19-17-32(18-20-33)21-23-9-5-2-6-10-23/h1-14,26H,15-21H2. The van der Waals surface area contributed by atoms with Crippen LogP contribution in [0.2, 0.25) is 0 Å². The highest BCUT2D eigenvalue weighted by Crippen LogP contribution is 2.28. The summed E-state index contributed by atoms with van der Waals surface area (Å²) < 4.78 is 15.6. The lowest BCUT2D eigenvalue weighted by atomic mass is 10.0. The summed E-state index contributed by atoms with van der Waals surface area (Å²) in [6.07, 6.45) is 0.847. The van der Waals surface area contributed by atoms with Crippen LogP contribution in [0.1, 0.15) is 28.6 Å². The van der Waals surface area contributed by atoms with Crippen molar-refractivity contribution in [3.63, 3.8) is 0 Å². The fraction of sp³-hybridized carbons (Fsp3) is 0.296. The van der Waals surface area contributed by atoms with Crippen molar-refractivity contribution in [2.75, 3.05) is 26.2 Å². The van der Waals surface area contributed by atoms with Crippen LogP contribution >= 0.6 is 0 Å². The number of aromatic nitrogens is 4. The summed E-state index contributed by atoms with van der Waals surface area (Å²) in [4.78, 5) is 4.89. The zero-order valence-electron chi connectivity index (χ0n) is 19.2. The second kappa shape index (κ2) is 10.7. The Bertz CT molecular complexity index is 1150. The van der Waals surface area contributed by atoms with Crippen molar-refractivity contribution in [2.24, 2.45) is 0 Å². The van der Waals surface area contributed by atoms with Gasteiger partial charge in [-0.05, 0) is 45.7 Å². The quantitative estimate of drug-likeness (QED) is 0.402. The monoisotopic (exact) mass is 456 g/mol. The molecule has 0 amide bonds. The first-order chi connectivity index (χ1) is 16.8. The van der Waals surface area contributed by atoms with Gasteiger partial charge in [0.1, 0.15) is 5.82 Å². The highest BCUT2D eigenvalue weighted by Gasteiger charge is 2.30. The summed E-state index contributed by atoms with van der Waals surface area (Å²) in [6, 6.07) is 27.6. The molecule has 1 aliphatic rings. The second-order valence-electron chi connectivity index (χ2n) is 8.75. The van der Waals surface area contributed by atoms with Crippen molar-refractivity contribution in [2.45, 2.75) is 25.6 Å². The fourth-order valence-electron chi connectivity index (χ4n) is 4.64. The molecule has 2 heterocycles. The number of piperazine rings is 1. The van der Waals surface area contributed by atoms with E-state index in [1.165, 1.54) is 23.3 Å². The summed E-state index contributed by atoms with van der Waals surface area (Å²) in [7, 11) is 0. The van der Waals surface area contributed by atoms with Crippen LogP contribution in [0.25, 0.3) is 0 Å². The summed E-state index contributed by atoms with van der Waals surface area (Å²) in [6.45, 7) is 5.33. The van der Waals surface area contributed by atoms with Crippen LogP contribution in [0.4, 0.5) is 4.39 Å². The van der Waals surface area contributed by atoms with Crippen molar-refractivity contribution in [1.29, 1.82) is 0 Å². The smallest absolute Gasteiger partial charge is 0.173 e. The number of benzene rings is 3. The Morgan fingerprint density at radius 3 is 2.09 bits per heavy atom. The van der Waals surface area contributed by atoms with E-state index in [2.05, 4.69) is 67.8 Å². The first-order valence-electron chi connectivity index (χ1n) is 11.8. The Labute approximate surface area is 199 Å². The fourth-order valence-corrected chi connectivity index (χ4v) is 4.64. The molecule has 1 unspecified atom stereocenters. The Morgan fingerprint density at radius 1 is 0.765 bits per heavy atom. The molecular weight excluding hydrogens is 427 g/mol. The van der Waals surface area contributed by atoms with E-state index in [-0.39, 0.29) is 11.9 Å². The maximum absolute atomic E-state index is 13.7. The lowest BCUT2D eigenvalue weighted by molar-refractivity contribution is 0.100. The molecule has 1 saturated heterocycles. The predicted octanol–water partition coefficient (Wildman–Crippen LogP) is 3.96. The molecule has 1 aliphatic heterocycles. The molecule has 0 bridgehead atoms. The lowest BCUT2D eigenvalue weighted by Gasteiger charge is -2.39. The van der Waals surface area contributed by atoms with Gasteiger partial charge in [0.15, 0.2) is 5.82 Å². The Balaban J connectivity index is 1.34. The van der Waals surface area contributed by atoms with Crippen molar-refractivity contribution in [1.82, 2.24) is 30.0 Å². The molecule has 0 aliphatic carbocycles. The van der Waals surface area contributed by atoms with Crippen molar-refractivity contribution in [3.8, 4) is 0 Å². The van der Waals surface area contributed by atoms with Crippen LogP contribution in [0.15, 0.2) is 84.9 Å². The molecule has 3 aromatic carbocycles. The van der Waals surface area contributed by atoms with Crippen molar-refractivity contribution in [3.05, 3.63) is 113 Å². The highest BCUT2D eigenvalue weighted by atomic mass is 19.1. The minimum absolute atomic E-state index is 0.120. The second-order valence-corrected chi connectivity index (χ2v) is 8.75. The Hall–Kier alpha value is -3.42. The summed E-state index contributed by atoms with van der Waals surface area (Å²) in [5, 5.41) is 12.8. The van der Waals surface area contributed by atoms with Gasteiger partial charge in [0.25, 0.3) is 0 Å². The molecule has 174 valence electrons. The van der Waals surface area contributed by atoms with Gasteiger partial charge in [-0.1, -0.05) is 72.8 Å². The third-order valence-corrected chi connectivity index (χ3v) is 6.47. The van der Waals surface area contributed by atoms with Crippen molar-refractivity contribution >= 4 is 0 Å². The first-order valence-corrected chi connectivity index (χ1v) is 11.8. The average Bonchev–Trinajstić information content (AvgIpc) is 3.34. The van der Waals surface area contributed by atoms with Crippen LogP contribution in [0.5, 0.6) is 0 Å². The van der Waals surface area contributed by atoms with Gasteiger partial charge in [-0.15, -0.1) is 5.10 Å². The van der Waals surface area contributed by atoms with E-state index in [0.717, 1.165) is 50.5 Å². The SMILES string of the molecule is Fc1ccc(C(c2nnnn2CCc2ccccc2)N2CCN(Cc3ccccc3)CC2)cc1. The molecule has 1 atom stereocenters. The van der Waals surface area contributed by atoms with E-state index in [1.54, 1.807) is 0 Å². The van der Waals surface area contributed by atoms with Gasteiger partial charge in [0.2, 0.25) is 0 Å². The molecule has 6 nitrogen and oxygen atoms in total. The largest absolute Gasteiger partial charge is 0.297 e. The number of nitrogens with zero attached hydrogens (tertiary/aromatic N) is 6. The van der Waals surface area contributed by atoms with Gasteiger partial charge in [-0.2, -0.15) is 0 Å². The third-order valence-electron chi connectivity index (χ3n) is 6.47. The van der Waals surface area contributed by atoms with E-state index >= 15 is 0 Å². The molecule has 0 saturated carbocycles. The van der Waals surface area contributed by atoms with Gasteiger partial charge in [-0.3, -0.25) is 9.80 Å². The predicted molar refractivity (Wildman–Crippen MR) is 129 cm³/mol. The molecule has 34 heavy (non-hydrogen) atoms. The normalized spacial score (nSPS) is 15.9. The van der Waals surface area contributed by atoms with Gasteiger partial charge >= 0.3 is 0 Å². The van der Waals surface area contributed by atoms with E-state index in [9.17, 15) is 4.39 Å².